The molecular weight excluding hydrogens is 811 g/mol. The van der Waals surface area contributed by atoms with Crippen molar-refractivity contribution < 1.29 is 21.9 Å². The van der Waals surface area contributed by atoms with E-state index < -0.39 is 19.1 Å². The Labute approximate surface area is 409 Å². The van der Waals surface area contributed by atoms with Crippen LogP contribution in [0.3, 0.4) is 0 Å². The maximum atomic E-state index is 8.29. The largest absolute Gasteiger partial charge is 0.212 e. The summed E-state index contributed by atoms with van der Waals surface area (Å²) in [6.45, 7) is 9.10. The molecule has 3 aromatic heterocycles. The smallest absolute Gasteiger partial charge is 0.200 e. The van der Waals surface area contributed by atoms with Crippen LogP contribution in [0.25, 0.3) is 67.2 Å². The van der Waals surface area contributed by atoms with Crippen LogP contribution in [-0.4, -0.2) is 0 Å². The van der Waals surface area contributed by atoms with Gasteiger partial charge in [0.15, 0.2) is 18.6 Å². The van der Waals surface area contributed by atoms with Crippen molar-refractivity contribution in [2.24, 2.45) is 27.0 Å². The molecule has 1 unspecified atom stereocenters. The molecule has 9 rings (SSSR count). The van der Waals surface area contributed by atoms with Gasteiger partial charge in [-0.25, -0.2) is 13.7 Å². The molecule has 3 nitrogen and oxygen atoms in total. The van der Waals surface area contributed by atoms with E-state index >= 15 is 0 Å². The molecule has 0 radical (unpaired) electrons. The van der Waals surface area contributed by atoms with E-state index in [2.05, 4.69) is 214 Å². The van der Waals surface area contributed by atoms with Gasteiger partial charge in [0, 0.05) is 59.8 Å². The summed E-state index contributed by atoms with van der Waals surface area (Å²) in [4.78, 5) is 0. The fourth-order valence-corrected chi connectivity index (χ4v) is 8.51. The van der Waals surface area contributed by atoms with Gasteiger partial charge in [0.05, 0.1) is 0 Å². The molecule has 0 aliphatic heterocycles. The third-order valence-corrected chi connectivity index (χ3v) is 12.2. The van der Waals surface area contributed by atoms with E-state index in [1.807, 2.05) is 31.4 Å². The van der Waals surface area contributed by atoms with Crippen molar-refractivity contribution in [3.8, 4) is 67.2 Å². The van der Waals surface area contributed by atoms with Gasteiger partial charge in [-0.2, -0.15) is 0 Å². The van der Waals surface area contributed by atoms with Crippen LogP contribution in [0, 0.1) is 33.6 Å². The summed E-state index contributed by atoms with van der Waals surface area (Å²) in [5.41, 5.74) is 20.9. The third-order valence-electron chi connectivity index (χ3n) is 12.2. The normalized spacial score (nSPS) is 13.4. The average Bonchev–Trinajstić information content (AvgIpc) is 3.37. The van der Waals surface area contributed by atoms with E-state index in [0.717, 1.165) is 35.7 Å². The number of hydrogen-bond donors (Lipinski definition) is 0. The molecule has 0 saturated heterocycles. The van der Waals surface area contributed by atoms with Crippen LogP contribution in [0.2, 0.25) is 0 Å². The molecular formula is C64H68N3+3. The molecule has 3 heterocycles. The summed E-state index contributed by atoms with van der Waals surface area (Å²) in [6, 6.07) is 62.3. The van der Waals surface area contributed by atoms with Crippen molar-refractivity contribution >= 4 is 0 Å². The first-order valence-corrected chi connectivity index (χ1v) is 23.1. The highest BCUT2D eigenvalue weighted by atomic mass is 14.9. The number of benzene rings is 6. The Balaban J connectivity index is 0.000000164. The fourth-order valence-electron chi connectivity index (χ4n) is 8.51. The zero-order valence-electron chi connectivity index (χ0n) is 46.6. The van der Waals surface area contributed by atoms with E-state index in [1.54, 1.807) is 24.3 Å². The van der Waals surface area contributed by atoms with Crippen LogP contribution < -0.4 is 13.7 Å². The average molecular weight is 885 g/mol. The molecule has 0 fully saturated rings. The predicted octanol–water partition coefficient (Wildman–Crippen LogP) is 14.5. The number of hydrogen-bond acceptors (Lipinski definition) is 0. The molecule has 67 heavy (non-hydrogen) atoms. The zero-order chi connectivity index (χ0) is 52.7. The van der Waals surface area contributed by atoms with Crippen molar-refractivity contribution in [1.29, 1.82) is 0 Å². The topological polar surface area (TPSA) is 11.6 Å². The van der Waals surface area contributed by atoms with Crippen molar-refractivity contribution in [3.63, 3.8) is 0 Å². The molecule has 0 N–H and O–H groups in total. The summed E-state index contributed by atoms with van der Waals surface area (Å²) in [5, 5.41) is 0. The Hall–Kier alpha value is -7.23. The minimum Gasteiger partial charge on any atom is -0.200 e. The molecule has 6 aromatic carbocycles. The second kappa shape index (κ2) is 22.3. The lowest BCUT2D eigenvalue weighted by Gasteiger charge is -2.08. The summed E-state index contributed by atoms with van der Waals surface area (Å²) in [7, 11) is 6.22. The van der Waals surface area contributed by atoms with Crippen LogP contribution in [-0.2, 0) is 33.9 Å². The van der Waals surface area contributed by atoms with Crippen LogP contribution >= 0.6 is 0 Å². The van der Waals surface area contributed by atoms with Gasteiger partial charge in [-0.1, -0.05) is 154 Å². The lowest BCUT2D eigenvalue weighted by Crippen LogP contribution is -2.30. The highest BCUT2D eigenvalue weighted by Crippen LogP contribution is 2.27. The first-order chi connectivity index (χ1) is 34.7. The summed E-state index contributed by atoms with van der Waals surface area (Å²) in [5.74, 6) is -2.26. The molecule has 0 aliphatic carbocycles. The summed E-state index contributed by atoms with van der Waals surface area (Å²) >= 11 is 0. The summed E-state index contributed by atoms with van der Waals surface area (Å²) in [6.07, 6.45) is 5.19. The van der Waals surface area contributed by atoms with Gasteiger partial charge >= 0.3 is 0 Å². The Morgan fingerprint density at radius 3 is 1.24 bits per heavy atom. The first-order valence-electron chi connectivity index (χ1n) is 26.1. The van der Waals surface area contributed by atoms with E-state index in [1.165, 1.54) is 72.6 Å². The van der Waals surface area contributed by atoms with Gasteiger partial charge in [-0.05, 0) is 127 Å². The highest BCUT2D eigenvalue weighted by Gasteiger charge is 2.16. The SMILES string of the molecule is CCc1cccc(-c2ccc(-c3ccccc3C)[n+](C)c2)c1.Cc1cccc(-c2ccc(-c3ccccc3C)[n+](C)c2)c1.[2H]C([2H])([2H])C([2H])(C)C([2H])([2H])c1ccc(-c2ccc(-c3ccccc3C)[n+](C)c2)cc1. The van der Waals surface area contributed by atoms with Crippen LogP contribution in [0.5, 0.6) is 0 Å². The molecule has 0 aliphatic rings. The van der Waals surface area contributed by atoms with Gasteiger partial charge in [0.25, 0.3) is 0 Å². The first kappa shape index (κ1) is 40.1. The van der Waals surface area contributed by atoms with Gasteiger partial charge in [0.1, 0.15) is 21.1 Å². The lowest BCUT2D eigenvalue weighted by molar-refractivity contribution is -0.660. The van der Waals surface area contributed by atoms with E-state index in [0.29, 0.717) is 0 Å². The molecule has 9 aromatic rings. The quantitative estimate of drug-likeness (QED) is 0.128. The van der Waals surface area contributed by atoms with Crippen LogP contribution in [0.4, 0.5) is 0 Å². The van der Waals surface area contributed by atoms with Crippen LogP contribution in [0.1, 0.15) is 62.3 Å². The van der Waals surface area contributed by atoms with Crippen molar-refractivity contribution in [3.05, 3.63) is 234 Å². The minimum atomic E-state index is -2.74. The number of nitrogens with zero attached hydrogens (tertiary/aromatic N) is 3. The Kier molecular flexibility index (Phi) is 13.3. The number of aryl methyl sites for hydroxylation is 8. The number of aromatic nitrogens is 3. The Morgan fingerprint density at radius 2 is 0.836 bits per heavy atom. The molecule has 0 spiro atoms. The maximum Gasteiger partial charge on any atom is 0.212 e. The Bertz CT molecular complexity index is 3360. The van der Waals surface area contributed by atoms with Crippen LogP contribution in [0.15, 0.2) is 201 Å². The van der Waals surface area contributed by atoms with Crippen molar-refractivity contribution in [1.82, 2.24) is 0 Å². The van der Waals surface area contributed by atoms with Gasteiger partial charge in [0.2, 0.25) is 17.1 Å². The van der Waals surface area contributed by atoms with E-state index in [4.69, 9.17) is 8.22 Å². The molecule has 0 amide bonds. The van der Waals surface area contributed by atoms with Crippen molar-refractivity contribution in [2.75, 3.05) is 0 Å². The second-order valence-corrected chi connectivity index (χ2v) is 17.4. The second-order valence-electron chi connectivity index (χ2n) is 17.4. The van der Waals surface area contributed by atoms with Crippen molar-refractivity contribution in [2.45, 2.75) is 61.2 Å². The lowest BCUT2D eigenvalue weighted by atomic mass is 9.99. The van der Waals surface area contributed by atoms with Gasteiger partial charge < -0.3 is 0 Å². The van der Waals surface area contributed by atoms with Gasteiger partial charge in [-0.3, -0.25) is 0 Å². The molecule has 1 atom stereocenters. The Morgan fingerprint density at radius 1 is 0.433 bits per heavy atom. The molecule has 336 valence electrons. The standard InChI is InChI=1S/C23H26N.C21H22N.C20H20N/c1-17(2)15-19-9-11-20(12-10-19)21-13-14-23(24(4)16-21)22-8-6-5-7-18(22)3;1-4-17-9-7-10-18(14-17)19-12-13-21(22(3)15-19)20-11-6-5-8-16(20)2;1-15-7-6-9-17(13-15)18-11-12-20(21(3)14-18)19-10-5-4-8-16(19)2/h5-14,16-17H,15H2,1-4H3;5-15H,4H2,1-3H3;4-14H,1-3H3/q3*+1/i1D3,15D2,17D;;. The highest BCUT2D eigenvalue weighted by molar-refractivity contribution is 5.69. The predicted molar refractivity (Wildman–Crippen MR) is 282 cm³/mol. The monoisotopic (exact) mass is 885 g/mol. The maximum absolute atomic E-state index is 8.29. The minimum absolute atomic E-state index is 0.181. The third kappa shape index (κ3) is 12.2. The molecule has 3 heteroatoms. The molecule has 0 saturated carbocycles. The molecule has 0 bridgehead atoms. The number of rotatable bonds is 9. The van der Waals surface area contributed by atoms with E-state index in [-0.39, 0.29) is 5.56 Å². The fraction of sp³-hybridized carbons (Fsp3) is 0.203. The van der Waals surface area contributed by atoms with E-state index in [9.17, 15) is 0 Å². The number of pyridine rings is 3. The zero-order valence-corrected chi connectivity index (χ0v) is 40.6. The van der Waals surface area contributed by atoms with Gasteiger partial charge in [-0.15, -0.1) is 0 Å². The summed E-state index contributed by atoms with van der Waals surface area (Å²) < 4.78 is 53.9.